The Morgan fingerprint density at radius 3 is 2.17 bits per heavy atom. The Morgan fingerprint density at radius 1 is 0.875 bits per heavy atom. The van der Waals surface area contributed by atoms with Crippen LogP contribution in [0.1, 0.15) is 35.8 Å². The Labute approximate surface area is 141 Å². The topological polar surface area (TPSA) is 54.9 Å². The molecular formula is C20H19N3O. The van der Waals surface area contributed by atoms with E-state index in [4.69, 9.17) is 0 Å². The van der Waals surface area contributed by atoms with E-state index in [0.29, 0.717) is 11.6 Å². The van der Waals surface area contributed by atoms with Crippen LogP contribution in [0.4, 0.5) is 5.69 Å². The van der Waals surface area contributed by atoms with Gasteiger partial charge in [0.1, 0.15) is 0 Å². The lowest BCUT2D eigenvalue weighted by molar-refractivity contribution is 0.102. The number of hydrogen-bond acceptors (Lipinski definition) is 3. The molecule has 3 aromatic rings. The van der Waals surface area contributed by atoms with Crippen molar-refractivity contribution in [3.8, 4) is 11.3 Å². The molecule has 2 aromatic carbocycles. The van der Waals surface area contributed by atoms with Gasteiger partial charge in [0.25, 0.3) is 5.91 Å². The molecule has 24 heavy (non-hydrogen) atoms. The summed E-state index contributed by atoms with van der Waals surface area (Å²) < 4.78 is 0. The van der Waals surface area contributed by atoms with Crippen LogP contribution < -0.4 is 5.32 Å². The lowest BCUT2D eigenvalue weighted by Crippen LogP contribution is -2.14. The molecule has 0 radical (unpaired) electrons. The Morgan fingerprint density at radius 2 is 1.58 bits per heavy atom. The first-order valence-corrected chi connectivity index (χ1v) is 7.94. The van der Waals surface area contributed by atoms with Gasteiger partial charge in [-0.1, -0.05) is 56.3 Å². The molecule has 0 saturated heterocycles. The Kier molecular flexibility index (Phi) is 4.66. The van der Waals surface area contributed by atoms with E-state index < -0.39 is 0 Å². The molecule has 3 rings (SSSR count). The normalized spacial score (nSPS) is 10.6. The Hall–Kier alpha value is -3.01. The molecule has 0 spiro atoms. The minimum absolute atomic E-state index is 0.264. The van der Waals surface area contributed by atoms with Crippen LogP contribution in [0.15, 0.2) is 66.7 Å². The standard InChI is InChI=1S/C20H19N3O/c1-14(2)15-8-10-17(11-9-15)21-20(24)19-13-12-18(22-23-19)16-6-4-3-5-7-16/h3-14H,1-2H3,(H,21,24). The fourth-order valence-electron chi connectivity index (χ4n) is 2.36. The fraction of sp³-hybridized carbons (Fsp3) is 0.150. The quantitative estimate of drug-likeness (QED) is 0.769. The van der Waals surface area contributed by atoms with Gasteiger partial charge < -0.3 is 5.32 Å². The monoisotopic (exact) mass is 317 g/mol. The molecule has 4 heteroatoms. The third kappa shape index (κ3) is 3.66. The van der Waals surface area contributed by atoms with Crippen LogP contribution in [0.3, 0.4) is 0 Å². The number of hydrogen-bond donors (Lipinski definition) is 1. The van der Waals surface area contributed by atoms with Gasteiger partial charge >= 0.3 is 0 Å². The maximum absolute atomic E-state index is 12.3. The SMILES string of the molecule is CC(C)c1ccc(NC(=O)c2ccc(-c3ccccc3)nn2)cc1. The number of nitrogens with one attached hydrogen (secondary N) is 1. The van der Waals surface area contributed by atoms with Crippen LogP contribution >= 0.6 is 0 Å². The van der Waals surface area contributed by atoms with Gasteiger partial charge in [0, 0.05) is 11.3 Å². The molecule has 0 fully saturated rings. The first-order chi connectivity index (χ1) is 11.6. The van der Waals surface area contributed by atoms with Crippen LogP contribution in [-0.2, 0) is 0 Å². The van der Waals surface area contributed by atoms with Gasteiger partial charge in [0.2, 0.25) is 0 Å². The van der Waals surface area contributed by atoms with E-state index in [1.807, 2.05) is 54.6 Å². The van der Waals surface area contributed by atoms with Crippen LogP contribution in [0, 0.1) is 0 Å². The zero-order valence-corrected chi connectivity index (χ0v) is 13.7. The second-order valence-corrected chi connectivity index (χ2v) is 5.90. The summed E-state index contributed by atoms with van der Waals surface area (Å²) >= 11 is 0. The summed E-state index contributed by atoms with van der Waals surface area (Å²) in [7, 11) is 0. The number of carbonyl (C=O) groups excluding carboxylic acids is 1. The van der Waals surface area contributed by atoms with Gasteiger partial charge in [-0.25, -0.2) is 0 Å². The Balaban J connectivity index is 1.71. The lowest BCUT2D eigenvalue weighted by atomic mass is 10.0. The van der Waals surface area contributed by atoms with Gasteiger partial charge in [0.15, 0.2) is 5.69 Å². The van der Waals surface area contributed by atoms with Crippen LogP contribution in [0.2, 0.25) is 0 Å². The number of amides is 1. The Bertz CT molecular complexity index is 810. The number of benzene rings is 2. The van der Waals surface area contributed by atoms with Gasteiger partial charge in [-0.2, -0.15) is 0 Å². The minimum Gasteiger partial charge on any atom is -0.321 e. The smallest absolute Gasteiger partial charge is 0.276 e. The predicted octanol–water partition coefficient (Wildman–Crippen LogP) is 4.52. The lowest BCUT2D eigenvalue weighted by Gasteiger charge is -2.08. The first kappa shape index (κ1) is 15.9. The van der Waals surface area contributed by atoms with E-state index in [9.17, 15) is 4.79 Å². The zero-order chi connectivity index (χ0) is 16.9. The van der Waals surface area contributed by atoms with Crippen LogP contribution in [0.25, 0.3) is 11.3 Å². The molecule has 0 saturated carbocycles. The molecule has 1 N–H and O–H groups in total. The second-order valence-electron chi connectivity index (χ2n) is 5.90. The highest BCUT2D eigenvalue weighted by Gasteiger charge is 2.09. The highest BCUT2D eigenvalue weighted by molar-refractivity contribution is 6.02. The van der Waals surface area contributed by atoms with E-state index in [0.717, 1.165) is 16.9 Å². The average molecular weight is 317 g/mol. The van der Waals surface area contributed by atoms with Crippen molar-refractivity contribution in [1.29, 1.82) is 0 Å². The van der Waals surface area contributed by atoms with E-state index in [2.05, 4.69) is 29.4 Å². The van der Waals surface area contributed by atoms with Crippen molar-refractivity contribution in [3.05, 3.63) is 78.0 Å². The number of nitrogens with zero attached hydrogens (tertiary/aromatic N) is 2. The predicted molar refractivity (Wildman–Crippen MR) is 96.0 cm³/mol. The van der Waals surface area contributed by atoms with Crippen molar-refractivity contribution in [2.45, 2.75) is 19.8 Å². The maximum atomic E-state index is 12.3. The summed E-state index contributed by atoms with van der Waals surface area (Å²) in [5.41, 5.74) is 4.00. The molecule has 0 atom stereocenters. The van der Waals surface area contributed by atoms with Crippen molar-refractivity contribution in [3.63, 3.8) is 0 Å². The molecule has 1 aromatic heterocycles. The summed E-state index contributed by atoms with van der Waals surface area (Å²) in [6.07, 6.45) is 0. The summed E-state index contributed by atoms with van der Waals surface area (Å²) in [5.74, 6) is 0.200. The second kappa shape index (κ2) is 7.04. The van der Waals surface area contributed by atoms with Crippen LogP contribution in [-0.4, -0.2) is 16.1 Å². The maximum Gasteiger partial charge on any atom is 0.276 e. The largest absolute Gasteiger partial charge is 0.321 e. The third-order valence-electron chi connectivity index (χ3n) is 3.80. The molecule has 120 valence electrons. The summed E-state index contributed by atoms with van der Waals surface area (Å²) in [4.78, 5) is 12.3. The van der Waals surface area contributed by atoms with Crippen LogP contribution in [0.5, 0.6) is 0 Å². The molecule has 4 nitrogen and oxygen atoms in total. The summed E-state index contributed by atoms with van der Waals surface area (Å²) in [6, 6.07) is 21.1. The van der Waals surface area contributed by atoms with E-state index >= 15 is 0 Å². The van der Waals surface area contributed by atoms with E-state index in [1.54, 1.807) is 12.1 Å². The van der Waals surface area contributed by atoms with E-state index in [1.165, 1.54) is 5.56 Å². The van der Waals surface area contributed by atoms with Gasteiger partial charge in [-0.3, -0.25) is 4.79 Å². The van der Waals surface area contributed by atoms with E-state index in [-0.39, 0.29) is 5.91 Å². The number of aromatic nitrogens is 2. The number of rotatable bonds is 4. The minimum atomic E-state index is -0.264. The number of carbonyl (C=O) groups is 1. The highest BCUT2D eigenvalue weighted by Crippen LogP contribution is 2.18. The third-order valence-corrected chi connectivity index (χ3v) is 3.80. The van der Waals surface area contributed by atoms with Crippen molar-refractivity contribution in [2.75, 3.05) is 5.32 Å². The molecule has 0 aliphatic carbocycles. The molecule has 0 unspecified atom stereocenters. The summed E-state index contributed by atoms with van der Waals surface area (Å²) in [6.45, 7) is 4.27. The van der Waals surface area contributed by atoms with Crippen molar-refractivity contribution in [2.24, 2.45) is 0 Å². The molecule has 0 bridgehead atoms. The van der Waals surface area contributed by atoms with Crippen molar-refractivity contribution >= 4 is 11.6 Å². The molecular weight excluding hydrogens is 298 g/mol. The summed E-state index contributed by atoms with van der Waals surface area (Å²) in [5, 5.41) is 11.0. The average Bonchev–Trinajstić information content (AvgIpc) is 2.63. The van der Waals surface area contributed by atoms with Gasteiger partial charge in [0.05, 0.1) is 5.69 Å². The highest BCUT2D eigenvalue weighted by atomic mass is 16.1. The van der Waals surface area contributed by atoms with Crippen molar-refractivity contribution < 1.29 is 4.79 Å². The first-order valence-electron chi connectivity index (χ1n) is 7.94. The van der Waals surface area contributed by atoms with Gasteiger partial charge in [-0.05, 0) is 35.7 Å². The zero-order valence-electron chi connectivity index (χ0n) is 13.7. The fourth-order valence-corrected chi connectivity index (χ4v) is 2.36. The van der Waals surface area contributed by atoms with Crippen molar-refractivity contribution in [1.82, 2.24) is 10.2 Å². The van der Waals surface area contributed by atoms with Gasteiger partial charge in [-0.15, -0.1) is 10.2 Å². The number of anilines is 1. The molecule has 1 heterocycles. The molecule has 0 aliphatic heterocycles. The molecule has 0 aliphatic rings. The molecule has 1 amide bonds.